The third-order valence-electron chi connectivity index (χ3n) is 3.73. The normalized spacial score (nSPS) is 11.2. The van der Waals surface area contributed by atoms with Gasteiger partial charge < -0.3 is 27.2 Å². The van der Waals surface area contributed by atoms with Crippen molar-refractivity contribution >= 4 is 41.0 Å². The zero-order chi connectivity index (χ0) is 21.4. The number of guanidine groups is 1. The highest BCUT2D eigenvalue weighted by Crippen LogP contribution is 2.21. The van der Waals surface area contributed by atoms with Crippen LogP contribution in [-0.2, 0) is 9.59 Å². The van der Waals surface area contributed by atoms with Crippen LogP contribution in [0.25, 0.3) is 0 Å². The fraction of sp³-hybridized carbons (Fsp3) is 0.158. The average molecular weight is 418 g/mol. The third-order valence-corrected chi connectivity index (χ3v) is 3.95. The number of nitrogens with two attached hydrogens (primary N) is 2. The molecule has 0 saturated heterocycles. The molecule has 29 heavy (non-hydrogen) atoms. The zero-order valence-corrected chi connectivity index (χ0v) is 16.0. The fourth-order valence-corrected chi connectivity index (χ4v) is 2.77. The molecule has 0 saturated carbocycles. The van der Waals surface area contributed by atoms with Crippen molar-refractivity contribution in [1.29, 1.82) is 0 Å². The molecule has 2 aromatic rings. The number of carboxylic acid groups (broad SMARTS) is 1. The molecule has 0 fully saturated rings. The number of nitrogens with one attached hydrogen (secondary N) is 2. The summed E-state index contributed by atoms with van der Waals surface area (Å²) < 4.78 is 0. The van der Waals surface area contributed by atoms with E-state index in [1.807, 2.05) is 0 Å². The Hall–Kier alpha value is -3.59. The molecular weight excluding hydrogens is 398 g/mol. The summed E-state index contributed by atoms with van der Waals surface area (Å²) in [6.45, 7) is -0.355. The molecule has 152 valence electrons. The Morgan fingerprint density at radius 1 is 1.10 bits per heavy atom. The molecule has 10 heteroatoms. The van der Waals surface area contributed by atoms with Gasteiger partial charge in [0, 0.05) is 10.6 Å². The van der Waals surface area contributed by atoms with E-state index < -0.39 is 23.8 Å². The topological polar surface area (TPSA) is 160 Å². The summed E-state index contributed by atoms with van der Waals surface area (Å²) in [5.41, 5.74) is 11.7. The minimum atomic E-state index is -1.06. The number of aliphatic imine (C=N–C) groups is 1. The van der Waals surface area contributed by atoms with E-state index in [9.17, 15) is 14.4 Å². The van der Waals surface area contributed by atoms with Gasteiger partial charge in [0.2, 0.25) is 5.91 Å². The summed E-state index contributed by atoms with van der Waals surface area (Å²) in [5.74, 6) is -2.36. The number of nitrogens with zero attached hydrogens (tertiary/aromatic N) is 1. The number of hydrogen-bond acceptors (Lipinski definition) is 4. The maximum Gasteiger partial charge on any atom is 0.305 e. The van der Waals surface area contributed by atoms with E-state index in [1.54, 1.807) is 30.3 Å². The van der Waals surface area contributed by atoms with Crippen LogP contribution in [0.1, 0.15) is 28.4 Å². The number of hydrogen-bond donors (Lipinski definition) is 5. The van der Waals surface area contributed by atoms with Crippen molar-refractivity contribution in [2.45, 2.75) is 12.5 Å². The number of carbonyl (C=O) groups excluding carboxylic acids is 2. The van der Waals surface area contributed by atoms with Gasteiger partial charge in [-0.25, -0.2) is 4.99 Å². The molecule has 0 aromatic heterocycles. The van der Waals surface area contributed by atoms with E-state index >= 15 is 0 Å². The van der Waals surface area contributed by atoms with Gasteiger partial charge in [0.15, 0.2) is 5.96 Å². The van der Waals surface area contributed by atoms with Crippen LogP contribution in [0, 0.1) is 0 Å². The van der Waals surface area contributed by atoms with Crippen molar-refractivity contribution in [1.82, 2.24) is 10.6 Å². The van der Waals surface area contributed by atoms with E-state index in [0.29, 0.717) is 5.56 Å². The van der Waals surface area contributed by atoms with Gasteiger partial charge in [-0.2, -0.15) is 0 Å². The smallest absolute Gasteiger partial charge is 0.305 e. The Bertz CT molecular complexity index is 929. The standard InChI is InChI=1S/C19H20ClN5O4/c20-13-6-12(7-14(8-13)24-19(21)22)18(29)23-10-16(26)25-15(9-17(27)28)11-4-2-1-3-5-11/h1-8,15H,9-10H2,(H,23,29)(H,25,26)(H,27,28)(H4,21,22,24). The molecule has 2 rings (SSSR count). The molecule has 1 unspecified atom stereocenters. The van der Waals surface area contributed by atoms with Gasteiger partial charge in [-0.3, -0.25) is 14.4 Å². The molecule has 0 aliphatic carbocycles. The lowest BCUT2D eigenvalue weighted by molar-refractivity contribution is -0.137. The Labute approximate surface area is 171 Å². The van der Waals surface area contributed by atoms with E-state index in [4.69, 9.17) is 28.2 Å². The van der Waals surface area contributed by atoms with Gasteiger partial charge in [-0.1, -0.05) is 41.9 Å². The number of amides is 2. The largest absolute Gasteiger partial charge is 0.481 e. The Balaban J connectivity index is 2.02. The van der Waals surface area contributed by atoms with Crippen LogP contribution < -0.4 is 22.1 Å². The molecule has 9 nitrogen and oxygen atoms in total. The van der Waals surface area contributed by atoms with Gasteiger partial charge >= 0.3 is 5.97 Å². The molecule has 0 aliphatic rings. The molecule has 0 spiro atoms. The van der Waals surface area contributed by atoms with Gasteiger partial charge in [-0.05, 0) is 23.8 Å². The summed E-state index contributed by atoms with van der Waals surface area (Å²) in [5, 5.41) is 14.4. The predicted molar refractivity (Wildman–Crippen MR) is 109 cm³/mol. The van der Waals surface area contributed by atoms with Crippen molar-refractivity contribution in [3.63, 3.8) is 0 Å². The lowest BCUT2D eigenvalue weighted by Gasteiger charge is -2.17. The van der Waals surface area contributed by atoms with E-state index in [1.165, 1.54) is 18.2 Å². The minimum absolute atomic E-state index is 0.162. The van der Waals surface area contributed by atoms with Crippen molar-refractivity contribution in [3.05, 3.63) is 64.7 Å². The number of aliphatic carboxylic acids is 1. The average Bonchev–Trinajstić information content (AvgIpc) is 2.65. The van der Waals surface area contributed by atoms with Gasteiger partial charge in [0.25, 0.3) is 5.91 Å². The summed E-state index contributed by atoms with van der Waals surface area (Å²) in [7, 11) is 0. The minimum Gasteiger partial charge on any atom is -0.481 e. The first kappa shape index (κ1) is 21.7. The Morgan fingerprint density at radius 2 is 1.79 bits per heavy atom. The van der Waals surface area contributed by atoms with E-state index in [2.05, 4.69) is 15.6 Å². The molecule has 1 atom stereocenters. The van der Waals surface area contributed by atoms with Crippen LogP contribution >= 0.6 is 11.6 Å². The fourth-order valence-electron chi connectivity index (χ4n) is 2.54. The maximum atomic E-state index is 12.3. The number of carbonyl (C=O) groups is 3. The highest BCUT2D eigenvalue weighted by molar-refractivity contribution is 6.31. The molecule has 0 radical (unpaired) electrons. The number of benzene rings is 2. The Kier molecular flexibility index (Phi) is 7.55. The van der Waals surface area contributed by atoms with Crippen molar-refractivity contribution < 1.29 is 19.5 Å². The van der Waals surface area contributed by atoms with Crippen LogP contribution in [0.2, 0.25) is 5.02 Å². The maximum absolute atomic E-state index is 12.3. The summed E-state index contributed by atoms with van der Waals surface area (Å²) >= 11 is 5.96. The van der Waals surface area contributed by atoms with Crippen LogP contribution in [0.4, 0.5) is 5.69 Å². The second kappa shape index (κ2) is 10.1. The Morgan fingerprint density at radius 3 is 2.41 bits per heavy atom. The quantitative estimate of drug-likeness (QED) is 0.321. The first-order chi connectivity index (χ1) is 13.7. The van der Waals surface area contributed by atoms with Gasteiger partial charge in [0.05, 0.1) is 24.7 Å². The number of rotatable bonds is 8. The van der Waals surface area contributed by atoms with Crippen LogP contribution in [0.5, 0.6) is 0 Å². The number of carboxylic acids is 1. The highest BCUT2D eigenvalue weighted by Gasteiger charge is 2.18. The molecule has 2 amide bonds. The third kappa shape index (κ3) is 7.15. The first-order valence-corrected chi connectivity index (χ1v) is 8.87. The first-order valence-electron chi connectivity index (χ1n) is 8.49. The van der Waals surface area contributed by atoms with Crippen molar-refractivity contribution in [3.8, 4) is 0 Å². The van der Waals surface area contributed by atoms with E-state index in [-0.39, 0.29) is 35.2 Å². The lowest BCUT2D eigenvalue weighted by Crippen LogP contribution is -2.39. The van der Waals surface area contributed by atoms with Crippen molar-refractivity contribution in [2.24, 2.45) is 16.5 Å². The molecule has 0 bridgehead atoms. The number of halogens is 1. The molecule has 2 aromatic carbocycles. The SMILES string of the molecule is NC(N)=Nc1cc(Cl)cc(C(=O)NCC(=O)NC(CC(=O)O)c2ccccc2)c1. The molecule has 7 N–H and O–H groups in total. The molecular formula is C19H20ClN5O4. The monoisotopic (exact) mass is 417 g/mol. The summed E-state index contributed by atoms with van der Waals surface area (Å²) in [6.07, 6.45) is -0.292. The van der Waals surface area contributed by atoms with Crippen LogP contribution in [0.15, 0.2) is 53.5 Å². The van der Waals surface area contributed by atoms with Crippen LogP contribution in [-0.4, -0.2) is 35.4 Å². The summed E-state index contributed by atoms with van der Waals surface area (Å²) in [4.78, 5) is 39.5. The molecule has 0 heterocycles. The van der Waals surface area contributed by atoms with E-state index in [0.717, 1.165) is 0 Å². The van der Waals surface area contributed by atoms with Crippen molar-refractivity contribution in [2.75, 3.05) is 6.54 Å². The second-order valence-corrected chi connectivity index (χ2v) is 6.48. The second-order valence-electron chi connectivity index (χ2n) is 6.05. The molecule has 0 aliphatic heterocycles. The summed E-state index contributed by atoms with van der Waals surface area (Å²) in [6, 6.07) is 12.3. The predicted octanol–water partition coefficient (Wildman–Crippen LogP) is 1.31. The highest BCUT2D eigenvalue weighted by atomic mass is 35.5. The van der Waals surface area contributed by atoms with Gasteiger partial charge in [0.1, 0.15) is 0 Å². The van der Waals surface area contributed by atoms with Crippen LogP contribution in [0.3, 0.4) is 0 Å². The van der Waals surface area contributed by atoms with Gasteiger partial charge in [-0.15, -0.1) is 0 Å². The lowest BCUT2D eigenvalue weighted by atomic mass is 10.0. The zero-order valence-electron chi connectivity index (χ0n) is 15.3.